The zero-order valence-corrected chi connectivity index (χ0v) is 15.3. The Labute approximate surface area is 145 Å². The van der Waals surface area contributed by atoms with Crippen LogP contribution in [0.25, 0.3) is 5.69 Å². The van der Waals surface area contributed by atoms with E-state index in [-0.39, 0.29) is 16.4 Å². The number of rotatable bonds is 2. The first-order chi connectivity index (χ1) is 11.4. The van der Waals surface area contributed by atoms with E-state index in [0.717, 1.165) is 17.1 Å². The van der Waals surface area contributed by atoms with Gasteiger partial charge in [0.25, 0.3) is 5.91 Å². The van der Waals surface area contributed by atoms with E-state index in [1.54, 1.807) is 0 Å². The minimum absolute atomic E-state index is 0.00492. The molecule has 2 heterocycles. The second-order valence-corrected chi connectivity index (χ2v) is 8.81. The zero-order chi connectivity index (χ0) is 17.4. The SMILES string of the molecule is Cc1cc(C)n(-c2ccc(C(=O)N3CC(C)S(=O)C(C)C3)cc2)n1. The van der Waals surface area contributed by atoms with Gasteiger partial charge in [-0.1, -0.05) is 0 Å². The Bertz CT molecular complexity index is 768. The molecule has 2 aromatic rings. The number of carbonyl (C=O) groups is 1. The number of nitrogens with zero attached hydrogens (tertiary/aromatic N) is 3. The molecule has 5 nitrogen and oxygen atoms in total. The Morgan fingerprint density at radius 3 is 2.21 bits per heavy atom. The molecule has 6 heteroatoms. The molecule has 2 unspecified atom stereocenters. The van der Waals surface area contributed by atoms with Crippen LogP contribution in [-0.2, 0) is 10.8 Å². The third-order valence-corrected chi connectivity index (χ3v) is 6.29. The Morgan fingerprint density at radius 1 is 1.12 bits per heavy atom. The molecule has 2 atom stereocenters. The highest BCUT2D eigenvalue weighted by Crippen LogP contribution is 2.19. The third kappa shape index (κ3) is 3.15. The molecule has 1 aromatic heterocycles. The summed E-state index contributed by atoms with van der Waals surface area (Å²) in [5, 5.41) is 4.50. The van der Waals surface area contributed by atoms with Crippen molar-refractivity contribution in [1.82, 2.24) is 14.7 Å². The molecule has 0 saturated carbocycles. The van der Waals surface area contributed by atoms with Crippen LogP contribution in [0.3, 0.4) is 0 Å². The van der Waals surface area contributed by atoms with Crippen molar-refractivity contribution >= 4 is 16.7 Å². The van der Waals surface area contributed by atoms with Gasteiger partial charge in [0, 0.05) is 45.6 Å². The van der Waals surface area contributed by atoms with Crippen molar-refractivity contribution < 1.29 is 9.00 Å². The molecule has 128 valence electrons. The summed E-state index contributed by atoms with van der Waals surface area (Å²) in [6.07, 6.45) is 0. The van der Waals surface area contributed by atoms with E-state index in [4.69, 9.17) is 0 Å². The van der Waals surface area contributed by atoms with Crippen LogP contribution in [0, 0.1) is 13.8 Å². The summed E-state index contributed by atoms with van der Waals surface area (Å²) < 4.78 is 13.9. The molecule has 1 fully saturated rings. The van der Waals surface area contributed by atoms with Gasteiger partial charge < -0.3 is 4.90 Å². The summed E-state index contributed by atoms with van der Waals surface area (Å²) in [4.78, 5) is 14.5. The standard InChI is InChI=1S/C18H23N3O2S/c1-12-9-13(2)21(19-12)17-7-5-16(6-8-17)18(22)20-10-14(3)24(23)15(4)11-20/h5-9,14-15H,10-11H2,1-4H3. The smallest absolute Gasteiger partial charge is 0.253 e. The lowest BCUT2D eigenvalue weighted by Gasteiger charge is -2.34. The second-order valence-electron chi connectivity index (χ2n) is 6.55. The van der Waals surface area contributed by atoms with Crippen LogP contribution in [0.1, 0.15) is 35.6 Å². The van der Waals surface area contributed by atoms with E-state index >= 15 is 0 Å². The Kier molecular flexibility index (Phi) is 4.58. The Morgan fingerprint density at radius 2 is 1.71 bits per heavy atom. The molecule has 1 aliphatic heterocycles. The van der Waals surface area contributed by atoms with E-state index < -0.39 is 10.8 Å². The summed E-state index contributed by atoms with van der Waals surface area (Å²) in [6.45, 7) is 8.96. The summed E-state index contributed by atoms with van der Waals surface area (Å²) in [7, 11) is -0.858. The summed E-state index contributed by atoms with van der Waals surface area (Å²) >= 11 is 0. The van der Waals surface area contributed by atoms with Crippen LogP contribution < -0.4 is 0 Å². The molecular formula is C18H23N3O2S. The van der Waals surface area contributed by atoms with E-state index in [0.29, 0.717) is 18.7 Å². The van der Waals surface area contributed by atoms with E-state index in [9.17, 15) is 9.00 Å². The van der Waals surface area contributed by atoms with Gasteiger partial charge >= 0.3 is 0 Å². The second kappa shape index (κ2) is 6.51. The maximum Gasteiger partial charge on any atom is 0.253 e. The summed E-state index contributed by atoms with van der Waals surface area (Å²) in [6, 6.07) is 9.54. The molecule has 1 aromatic carbocycles. The number of benzene rings is 1. The third-order valence-electron chi connectivity index (χ3n) is 4.40. The number of amides is 1. The normalized spacial score (nSPS) is 24.2. The molecule has 0 spiro atoms. The monoisotopic (exact) mass is 345 g/mol. The lowest BCUT2D eigenvalue weighted by atomic mass is 10.1. The van der Waals surface area contributed by atoms with Crippen molar-refractivity contribution in [1.29, 1.82) is 0 Å². The van der Waals surface area contributed by atoms with Gasteiger partial charge in [-0.15, -0.1) is 0 Å². The molecule has 1 aliphatic rings. The maximum atomic E-state index is 12.7. The number of aromatic nitrogens is 2. The fourth-order valence-electron chi connectivity index (χ4n) is 3.22. The fraction of sp³-hybridized carbons (Fsp3) is 0.444. The lowest BCUT2D eigenvalue weighted by Crippen LogP contribution is -2.49. The first-order valence-electron chi connectivity index (χ1n) is 8.19. The van der Waals surface area contributed by atoms with Gasteiger partial charge in [-0.25, -0.2) is 4.68 Å². The highest BCUT2D eigenvalue weighted by molar-refractivity contribution is 7.86. The molecular weight excluding hydrogens is 322 g/mol. The topological polar surface area (TPSA) is 55.2 Å². The quantitative estimate of drug-likeness (QED) is 0.840. The highest BCUT2D eigenvalue weighted by Gasteiger charge is 2.31. The van der Waals surface area contributed by atoms with Gasteiger partial charge in [0.15, 0.2) is 0 Å². The number of hydrogen-bond acceptors (Lipinski definition) is 3. The van der Waals surface area contributed by atoms with Crippen LogP contribution in [0.15, 0.2) is 30.3 Å². The number of aryl methyl sites for hydroxylation is 2. The largest absolute Gasteiger partial charge is 0.336 e. The Hall–Kier alpha value is -1.95. The van der Waals surface area contributed by atoms with Crippen molar-refractivity contribution in [3.8, 4) is 5.69 Å². The van der Waals surface area contributed by atoms with E-state index in [1.165, 1.54) is 0 Å². The van der Waals surface area contributed by atoms with Gasteiger partial charge in [0.05, 0.1) is 11.4 Å². The maximum absolute atomic E-state index is 12.7. The molecule has 0 N–H and O–H groups in total. The predicted molar refractivity (Wildman–Crippen MR) is 96.0 cm³/mol. The summed E-state index contributed by atoms with van der Waals surface area (Å²) in [5.41, 5.74) is 3.63. The minimum Gasteiger partial charge on any atom is -0.336 e. The van der Waals surface area contributed by atoms with Crippen LogP contribution >= 0.6 is 0 Å². The number of hydrogen-bond donors (Lipinski definition) is 0. The molecule has 1 amide bonds. The molecule has 0 aliphatic carbocycles. The van der Waals surface area contributed by atoms with Crippen molar-refractivity contribution in [2.45, 2.75) is 38.2 Å². The Balaban J connectivity index is 1.79. The highest BCUT2D eigenvalue weighted by atomic mass is 32.2. The predicted octanol–water partition coefficient (Wildman–Crippen LogP) is 2.47. The van der Waals surface area contributed by atoms with Crippen LogP contribution in [-0.4, -0.2) is 48.4 Å². The van der Waals surface area contributed by atoms with Crippen molar-refractivity contribution in [2.24, 2.45) is 0 Å². The van der Waals surface area contributed by atoms with E-state index in [2.05, 4.69) is 5.10 Å². The average Bonchev–Trinajstić information content (AvgIpc) is 2.90. The van der Waals surface area contributed by atoms with Crippen LogP contribution in [0.4, 0.5) is 0 Å². The van der Waals surface area contributed by atoms with Gasteiger partial charge in [-0.2, -0.15) is 5.10 Å². The van der Waals surface area contributed by atoms with Crippen LogP contribution in [0.5, 0.6) is 0 Å². The molecule has 3 rings (SSSR count). The first-order valence-corrected chi connectivity index (χ1v) is 9.47. The van der Waals surface area contributed by atoms with Gasteiger partial charge in [-0.3, -0.25) is 9.00 Å². The van der Waals surface area contributed by atoms with Gasteiger partial charge in [-0.05, 0) is 58.0 Å². The molecule has 0 bridgehead atoms. The molecule has 1 saturated heterocycles. The van der Waals surface area contributed by atoms with Crippen molar-refractivity contribution in [2.75, 3.05) is 13.1 Å². The van der Waals surface area contributed by atoms with Gasteiger partial charge in [0.2, 0.25) is 0 Å². The minimum atomic E-state index is -0.858. The first kappa shape index (κ1) is 16.9. The van der Waals surface area contributed by atoms with Crippen LogP contribution in [0.2, 0.25) is 0 Å². The molecule has 24 heavy (non-hydrogen) atoms. The summed E-state index contributed by atoms with van der Waals surface area (Å²) in [5.74, 6) is 0.00492. The molecule has 0 radical (unpaired) electrons. The van der Waals surface area contributed by atoms with Gasteiger partial charge in [0.1, 0.15) is 0 Å². The zero-order valence-electron chi connectivity index (χ0n) is 14.5. The van der Waals surface area contributed by atoms with E-state index in [1.807, 2.05) is 67.6 Å². The average molecular weight is 345 g/mol. The van der Waals surface area contributed by atoms with Crippen molar-refractivity contribution in [3.05, 3.63) is 47.3 Å². The lowest BCUT2D eigenvalue weighted by molar-refractivity contribution is 0.0751. The van der Waals surface area contributed by atoms with Crippen molar-refractivity contribution in [3.63, 3.8) is 0 Å². The fourth-order valence-corrected chi connectivity index (χ4v) is 4.67. The number of carbonyl (C=O) groups excluding carboxylic acids is 1.